The average Bonchev–Trinajstić information content (AvgIpc) is 2.16. The first-order valence-corrected chi connectivity index (χ1v) is 6.85. The summed E-state index contributed by atoms with van der Waals surface area (Å²) in [5.41, 5.74) is 6.08. The maximum Gasteiger partial charge on any atom is 0.000724 e. The average molecular weight is 226 g/mol. The molecule has 0 bridgehead atoms. The van der Waals surface area contributed by atoms with Crippen LogP contribution in [0.3, 0.4) is 0 Å². The summed E-state index contributed by atoms with van der Waals surface area (Å²) in [6.07, 6.45) is 3.96. The van der Waals surface area contributed by atoms with Crippen LogP contribution in [0.15, 0.2) is 0 Å². The van der Waals surface area contributed by atoms with E-state index in [1.807, 2.05) is 0 Å². The fraction of sp³-hybridized carbons (Fsp3) is 1.00. The van der Waals surface area contributed by atoms with Crippen molar-refractivity contribution >= 4 is 0 Å². The zero-order chi connectivity index (χ0) is 12.2. The minimum atomic E-state index is 0.326. The molecule has 16 heavy (non-hydrogen) atoms. The number of hydrogen-bond donors (Lipinski definition) is 1. The van der Waals surface area contributed by atoms with Gasteiger partial charge < -0.3 is 10.6 Å². The molecule has 1 saturated heterocycles. The molecular formula is C14H30N2. The van der Waals surface area contributed by atoms with E-state index in [2.05, 4.69) is 32.6 Å². The lowest BCUT2D eigenvalue weighted by atomic mass is 9.87. The number of likely N-dealkylation sites (tertiary alicyclic amines) is 1. The van der Waals surface area contributed by atoms with Crippen molar-refractivity contribution in [3.8, 4) is 0 Å². The molecule has 0 aliphatic carbocycles. The van der Waals surface area contributed by atoms with Crippen LogP contribution in [-0.4, -0.2) is 31.1 Å². The Morgan fingerprint density at radius 2 is 1.75 bits per heavy atom. The first-order valence-electron chi connectivity index (χ1n) is 6.85. The van der Waals surface area contributed by atoms with Gasteiger partial charge in [-0.3, -0.25) is 0 Å². The van der Waals surface area contributed by atoms with Crippen molar-refractivity contribution in [1.29, 1.82) is 0 Å². The van der Waals surface area contributed by atoms with Gasteiger partial charge in [0.25, 0.3) is 0 Å². The highest BCUT2D eigenvalue weighted by molar-refractivity contribution is 4.76. The maximum atomic E-state index is 5.76. The molecule has 0 radical (unpaired) electrons. The van der Waals surface area contributed by atoms with E-state index in [0.29, 0.717) is 5.41 Å². The van der Waals surface area contributed by atoms with Gasteiger partial charge in [-0.15, -0.1) is 0 Å². The van der Waals surface area contributed by atoms with Crippen molar-refractivity contribution < 1.29 is 0 Å². The minimum absolute atomic E-state index is 0.326. The highest BCUT2D eigenvalue weighted by Gasteiger charge is 2.22. The van der Waals surface area contributed by atoms with Crippen molar-refractivity contribution in [2.75, 3.05) is 26.2 Å². The van der Waals surface area contributed by atoms with Crippen LogP contribution < -0.4 is 5.73 Å². The predicted molar refractivity (Wildman–Crippen MR) is 71.5 cm³/mol. The quantitative estimate of drug-likeness (QED) is 0.781. The minimum Gasteiger partial charge on any atom is -0.330 e. The first-order chi connectivity index (χ1) is 7.43. The van der Waals surface area contributed by atoms with Crippen molar-refractivity contribution in [3.63, 3.8) is 0 Å². The maximum absolute atomic E-state index is 5.76. The highest BCUT2D eigenvalue weighted by atomic mass is 15.1. The van der Waals surface area contributed by atoms with Gasteiger partial charge in [0.05, 0.1) is 0 Å². The first kappa shape index (κ1) is 14.0. The van der Waals surface area contributed by atoms with Crippen molar-refractivity contribution in [2.45, 2.75) is 47.0 Å². The fourth-order valence-corrected chi connectivity index (χ4v) is 2.86. The normalized spacial score (nSPS) is 28.3. The molecule has 1 aliphatic rings. The molecule has 0 saturated carbocycles. The van der Waals surface area contributed by atoms with Gasteiger partial charge in [0.15, 0.2) is 0 Å². The Bertz CT molecular complexity index is 191. The van der Waals surface area contributed by atoms with E-state index in [9.17, 15) is 0 Å². The lowest BCUT2D eigenvalue weighted by molar-refractivity contribution is 0.134. The van der Waals surface area contributed by atoms with Crippen LogP contribution in [0.25, 0.3) is 0 Å². The molecule has 96 valence electrons. The summed E-state index contributed by atoms with van der Waals surface area (Å²) in [7, 11) is 0. The fourth-order valence-electron chi connectivity index (χ4n) is 2.86. The molecule has 0 amide bonds. The highest BCUT2D eigenvalue weighted by Crippen LogP contribution is 2.23. The van der Waals surface area contributed by atoms with Crippen LogP contribution in [0.1, 0.15) is 47.0 Å². The summed E-state index contributed by atoms with van der Waals surface area (Å²) >= 11 is 0. The second-order valence-electron chi connectivity index (χ2n) is 6.68. The van der Waals surface area contributed by atoms with Crippen molar-refractivity contribution in [1.82, 2.24) is 4.90 Å². The van der Waals surface area contributed by atoms with Crippen LogP contribution >= 0.6 is 0 Å². The van der Waals surface area contributed by atoms with Gasteiger partial charge in [-0.05, 0) is 49.6 Å². The molecule has 1 rings (SSSR count). The van der Waals surface area contributed by atoms with E-state index >= 15 is 0 Å². The molecule has 2 atom stereocenters. The van der Waals surface area contributed by atoms with E-state index in [4.69, 9.17) is 5.73 Å². The van der Waals surface area contributed by atoms with Gasteiger partial charge in [0, 0.05) is 13.1 Å². The molecule has 1 heterocycles. The van der Waals surface area contributed by atoms with Gasteiger partial charge >= 0.3 is 0 Å². The Labute approximate surface area is 102 Å². The largest absolute Gasteiger partial charge is 0.330 e. The van der Waals surface area contributed by atoms with Crippen molar-refractivity contribution in [3.05, 3.63) is 0 Å². The molecule has 0 aromatic rings. The van der Waals surface area contributed by atoms with E-state index in [1.165, 1.54) is 38.9 Å². The SMILES string of the molecule is CC1CC(C)CN(CCCC(C)(C)CN)C1. The van der Waals surface area contributed by atoms with Crippen LogP contribution in [0.5, 0.6) is 0 Å². The third-order valence-electron chi connectivity index (χ3n) is 3.82. The molecule has 2 nitrogen and oxygen atoms in total. The van der Waals surface area contributed by atoms with Gasteiger partial charge in [0.1, 0.15) is 0 Å². The molecule has 1 fully saturated rings. The number of nitrogens with zero attached hydrogens (tertiary/aromatic N) is 1. The van der Waals surface area contributed by atoms with Crippen LogP contribution in [-0.2, 0) is 0 Å². The number of piperidine rings is 1. The van der Waals surface area contributed by atoms with Crippen molar-refractivity contribution in [2.24, 2.45) is 23.0 Å². The van der Waals surface area contributed by atoms with Crippen LogP contribution in [0.2, 0.25) is 0 Å². The van der Waals surface area contributed by atoms with Gasteiger partial charge in [0.2, 0.25) is 0 Å². The Hall–Kier alpha value is -0.0800. The summed E-state index contributed by atoms with van der Waals surface area (Å²) < 4.78 is 0. The Morgan fingerprint density at radius 3 is 2.25 bits per heavy atom. The standard InChI is InChI=1S/C14H30N2/c1-12-8-13(2)10-16(9-12)7-5-6-14(3,4)11-15/h12-13H,5-11,15H2,1-4H3. The third kappa shape index (κ3) is 4.84. The zero-order valence-corrected chi connectivity index (χ0v) is 11.6. The molecular weight excluding hydrogens is 196 g/mol. The number of hydrogen-bond acceptors (Lipinski definition) is 2. The molecule has 1 aliphatic heterocycles. The molecule has 0 aromatic carbocycles. The van der Waals surface area contributed by atoms with Crippen LogP contribution in [0.4, 0.5) is 0 Å². The number of rotatable bonds is 5. The second kappa shape index (κ2) is 6.02. The molecule has 0 spiro atoms. The predicted octanol–water partition coefficient (Wildman–Crippen LogP) is 2.73. The molecule has 0 aromatic heterocycles. The summed E-state index contributed by atoms with van der Waals surface area (Å²) in [5, 5.41) is 0. The summed E-state index contributed by atoms with van der Waals surface area (Å²) in [4.78, 5) is 2.64. The van der Waals surface area contributed by atoms with Gasteiger partial charge in [-0.1, -0.05) is 27.7 Å². The second-order valence-corrected chi connectivity index (χ2v) is 6.68. The van der Waals surface area contributed by atoms with Crippen LogP contribution in [0, 0.1) is 17.3 Å². The molecule has 2 N–H and O–H groups in total. The topological polar surface area (TPSA) is 29.3 Å². The summed E-state index contributed by atoms with van der Waals surface area (Å²) in [6.45, 7) is 14.0. The van der Waals surface area contributed by atoms with E-state index < -0.39 is 0 Å². The summed E-state index contributed by atoms with van der Waals surface area (Å²) in [6, 6.07) is 0. The Kier molecular flexibility index (Phi) is 5.26. The summed E-state index contributed by atoms with van der Waals surface area (Å²) in [5.74, 6) is 1.76. The monoisotopic (exact) mass is 226 g/mol. The lowest BCUT2D eigenvalue weighted by Gasteiger charge is -2.35. The van der Waals surface area contributed by atoms with Gasteiger partial charge in [-0.25, -0.2) is 0 Å². The Balaban J connectivity index is 2.22. The lowest BCUT2D eigenvalue weighted by Crippen LogP contribution is -2.39. The van der Waals surface area contributed by atoms with E-state index in [1.54, 1.807) is 0 Å². The molecule has 2 unspecified atom stereocenters. The Morgan fingerprint density at radius 1 is 1.19 bits per heavy atom. The van der Waals surface area contributed by atoms with E-state index in [-0.39, 0.29) is 0 Å². The molecule has 2 heteroatoms. The van der Waals surface area contributed by atoms with E-state index in [0.717, 1.165) is 18.4 Å². The number of nitrogens with two attached hydrogens (primary N) is 1. The third-order valence-corrected chi connectivity index (χ3v) is 3.82. The zero-order valence-electron chi connectivity index (χ0n) is 11.6. The smallest absolute Gasteiger partial charge is 0.000724 e. The van der Waals surface area contributed by atoms with Gasteiger partial charge in [-0.2, -0.15) is 0 Å².